The van der Waals surface area contributed by atoms with Gasteiger partial charge in [0, 0.05) is 18.6 Å². The smallest absolute Gasteiger partial charge is 0.306 e. The Morgan fingerprint density at radius 2 is 1.79 bits per heavy atom. The van der Waals surface area contributed by atoms with E-state index in [0.29, 0.717) is 30.0 Å². The van der Waals surface area contributed by atoms with Gasteiger partial charge in [0.05, 0.1) is 24.3 Å². The van der Waals surface area contributed by atoms with E-state index < -0.39 is 23.4 Å². The van der Waals surface area contributed by atoms with E-state index in [1.54, 1.807) is 38.3 Å². The average Bonchev–Trinajstić information content (AvgIpc) is 2.71. The lowest BCUT2D eigenvalue weighted by atomic mass is 10.2. The lowest BCUT2D eigenvalue weighted by molar-refractivity contribution is -0.384. The Hall–Kier alpha value is -3.62. The van der Waals surface area contributed by atoms with Crippen LogP contribution in [0.5, 0.6) is 11.5 Å². The second-order valence-corrected chi connectivity index (χ2v) is 6.09. The predicted molar refractivity (Wildman–Crippen MR) is 105 cm³/mol. The Balaban J connectivity index is 1.68. The zero-order valence-electron chi connectivity index (χ0n) is 16.2. The van der Waals surface area contributed by atoms with Gasteiger partial charge in [-0.1, -0.05) is 6.07 Å². The number of rotatable bonds is 10. The highest BCUT2D eigenvalue weighted by molar-refractivity contribution is 5.93. The van der Waals surface area contributed by atoms with Crippen molar-refractivity contribution < 1.29 is 28.7 Å². The van der Waals surface area contributed by atoms with Gasteiger partial charge < -0.3 is 19.5 Å². The first-order valence-corrected chi connectivity index (χ1v) is 8.86. The third kappa shape index (κ3) is 7.13. The van der Waals surface area contributed by atoms with E-state index in [1.807, 2.05) is 0 Å². The van der Waals surface area contributed by atoms with Crippen molar-refractivity contribution in [3.05, 3.63) is 58.1 Å². The topological polar surface area (TPSA) is 117 Å². The van der Waals surface area contributed by atoms with Crippen LogP contribution in [0.15, 0.2) is 42.5 Å². The maximum Gasteiger partial charge on any atom is 0.306 e. The molecule has 154 valence electrons. The first-order valence-electron chi connectivity index (χ1n) is 8.86. The zero-order valence-corrected chi connectivity index (χ0v) is 16.2. The third-order valence-electron chi connectivity index (χ3n) is 3.92. The van der Waals surface area contributed by atoms with Crippen molar-refractivity contribution in [1.82, 2.24) is 0 Å². The number of ether oxygens (including phenoxy) is 3. The number of carbonyl (C=O) groups is 2. The van der Waals surface area contributed by atoms with Crippen LogP contribution in [-0.4, -0.2) is 37.1 Å². The highest BCUT2D eigenvalue weighted by Gasteiger charge is 2.12. The second-order valence-electron chi connectivity index (χ2n) is 6.09. The van der Waals surface area contributed by atoms with Crippen LogP contribution in [0.4, 0.5) is 11.4 Å². The van der Waals surface area contributed by atoms with Gasteiger partial charge in [-0.2, -0.15) is 0 Å². The predicted octanol–water partition coefficient (Wildman–Crippen LogP) is 3.25. The second kappa shape index (κ2) is 10.6. The molecule has 0 heterocycles. The van der Waals surface area contributed by atoms with Crippen LogP contribution in [-0.2, 0) is 14.3 Å². The standard InChI is InChI=1S/C20H22N2O7/c1-14-5-6-15(22(25)26)12-18(14)21-19(23)13-29-20(24)4-3-11-28-17-9-7-16(27-2)8-10-17/h5-10,12H,3-4,11,13H2,1-2H3,(H,21,23). The molecule has 0 spiro atoms. The normalized spacial score (nSPS) is 10.1. The molecule has 1 amide bonds. The molecule has 2 rings (SSSR count). The van der Waals surface area contributed by atoms with Gasteiger partial charge in [-0.15, -0.1) is 0 Å². The zero-order chi connectivity index (χ0) is 21.2. The van der Waals surface area contributed by atoms with Crippen LogP contribution < -0.4 is 14.8 Å². The minimum absolute atomic E-state index is 0.0965. The van der Waals surface area contributed by atoms with E-state index >= 15 is 0 Å². The number of nitrogens with zero attached hydrogens (tertiary/aromatic N) is 1. The Morgan fingerprint density at radius 1 is 1.10 bits per heavy atom. The summed E-state index contributed by atoms with van der Waals surface area (Å²) < 4.78 is 15.5. The molecule has 0 saturated heterocycles. The lowest BCUT2D eigenvalue weighted by Crippen LogP contribution is -2.21. The van der Waals surface area contributed by atoms with E-state index in [9.17, 15) is 19.7 Å². The molecule has 0 bridgehead atoms. The SMILES string of the molecule is COc1ccc(OCCCC(=O)OCC(=O)Nc2cc([N+](=O)[O-])ccc2C)cc1. The highest BCUT2D eigenvalue weighted by Crippen LogP contribution is 2.21. The van der Waals surface area contributed by atoms with Gasteiger partial charge in [0.1, 0.15) is 11.5 Å². The van der Waals surface area contributed by atoms with Crippen molar-refractivity contribution in [3.8, 4) is 11.5 Å². The number of benzene rings is 2. The molecule has 9 heteroatoms. The van der Waals surface area contributed by atoms with Gasteiger partial charge in [-0.05, 0) is 43.2 Å². The first kappa shape index (κ1) is 21.7. The molecule has 0 aromatic heterocycles. The van der Waals surface area contributed by atoms with Crippen LogP contribution in [0.1, 0.15) is 18.4 Å². The number of nitro groups is 1. The van der Waals surface area contributed by atoms with Crippen LogP contribution in [0, 0.1) is 17.0 Å². The summed E-state index contributed by atoms with van der Waals surface area (Å²) in [5.41, 5.74) is 0.818. The van der Waals surface area contributed by atoms with Gasteiger partial charge in [-0.25, -0.2) is 0 Å². The number of anilines is 1. The van der Waals surface area contributed by atoms with Gasteiger partial charge in [-0.3, -0.25) is 19.7 Å². The van der Waals surface area contributed by atoms with Gasteiger partial charge in [0.2, 0.25) is 0 Å². The van der Waals surface area contributed by atoms with E-state index in [2.05, 4.69) is 5.32 Å². The fourth-order valence-electron chi connectivity index (χ4n) is 2.34. The number of hydrogen-bond donors (Lipinski definition) is 1. The van der Waals surface area contributed by atoms with Crippen molar-refractivity contribution in [1.29, 1.82) is 0 Å². The van der Waals surface area contributed by atoms with Crippen molar-refractivity contribution in [2.24, 2.45) is 0 Å². The minimum atomic E-state index is -0.573. The molecule has 0 aliphatic rings. The summed E-state index contributed by atoms with van der Waals surface area (Å²) in [6.45, 7) is 1.55. The lowest BCUT2D eigenvalue weighted by Gasteiger charge is -2.09. The summed E-state index contributed by atoms with van der Waals surface area (Å²) >= 11 is 0. The summed E-state index contributed by atoms with van der Waals surface area (Å²) in [5, 5.41) is 13.3. The van der Waals surface area contributed by atoms with Crippen molar-refractivity contribution in [2.75, 3.05) is 25.6 Å². The largest absolute Gasteiger partial charge is 0.497 e. The number of esters is 1. The third-order valence-corrected chi connectivity index (χ3v) is 3.92. The summed E-state index contributed by atoms with van der Waals surface area (Å²) in [5.74, 6) is 0.274. The number of non-ortho nitro benzene ring substituents is 1. The number of nitro benzene ring substituents is 1. The van der Waals surface area contributed by atoms with E-state index in [1.165, 1.54) is 18.2 Å². The van der Waals surface area contributed by atoms with Crippen LogP contribution in [0.3, 0.4) is 0 Å². The molecule has 29 heavy (non-hydrogen) atoms. The molecule has 0 aliphatic heterocycles. The van der Waals surface area contributed by atoms with Crippen molar-refractivity contribution >= 4 is 23.3 Å². The number of hydrogen-bond acceptors (Lipinski definition) is 7. The van der Waals surface area contributed by atoms with Gasteiger partial charge in [0.25, 0.3) is 11.6 Å². The number of aryl methyl sites for hydroxylation is 1. The molecule has 0 atom stereocenters. The van der Waals surface area contributed by atoms with Gasteiger partial charge in [0.15, 0.2) is 6.61 Å². The molecule has 0 aliphatic carbocycles. The molecule has 0 fully saturated rings. The molecule has 0 radical (unpaired) electrons. The molecule has 9 nitrogen and oxygen atoms in total. The molecule has 1 N–H and O–H groups in total. The number of carbonyl (C=O) groups excluding carboxylic acids is 2. The van der Waals surface area contributed by atoms with Crippen LogP contribution in [0.2, 0.25) is 0 Å². The van der Waals surface area contributed by atoms with Crippen LogP contribution in [0.25, 0.3) is 0 Å². The maximum absolute atomic E-state index is 11.9. The molecule has 0 unspecified atom stereocenters. The van der Waals surface area contributed by atoms with Crippen molar-refractivity contribution in [3.63, 3.8) is 0 Å². The Morgan fingerprint density at radius 3 is 2.45 bits per heavy atom. The number of nitrogens with one attached hydrogen (secondary N) is 1. The molecule has 2 aromatic rings. The molecular formula is C20H22N2O7. The van der Waals surface area contributed by atoms with Gasteiger partial charge >= 0.3 is 5.97 Å². The fourth-order valence-corrected chi connectivity index (χ4v) is 2.34. The highest BCUT2D eigenvalue weighted by atomic mass is 16.6. The number of amides is 1. The minimum Gasteiger partial charge on any atom is -0.497 e. The monoisotopic (exact) mass is 402 g/mol. The summed E-state index contributed by atoms with van der Waals surface area (Å²) in [7, 11) is 1.58. The van der Waals surface area contributed by atoms with E-state index in [4.69, 9.17) is 14.2 Å². The summed E-state index contributed by atoms with van der Waals surface area (Å²) in [6, 6.07) is 11.2. The summed E-state index contributed by atoms with van der Waals surface area (Å²) in [4.78, 5) is 33.9. The Bertz CT molecular complexity index is 866. The molecule has 0 saturated carbocycles. The van der Waals surface area contributed by atoms with Crippen molar-refractivity contribution in [2.45, 2.75) is 19.8 Å². The van der Waals surface area contributed by atoms with E-state index in [0.717, 1.165) is 5.75 Å². The molecular weight excluding hydrogens is 380 g/mol. The summed E-state index contributed by atoms with van der Waals surface area (Å²) in [6.07, 6.45) is 0.524. The molecule has 2 aromatic carbocycles. The maximum atomic E-state index is 11.9. The Labute approximate surface area is 167 Å². The van der Waals surface area contributed by atoms with E-state index in [-0.39, 0.29) is 12.1 Å². The Kier molecular flexibility index (Phi) is 7.96. The average molecular weight is 402 g/mol. The van der Waals surface area contributed by atoms with Crippen LogP contribution >= 0.6 is 0 Å². The first-order chi connectivity index (χ1) is 13.9. The fraction of sp³-hybridized carbons (Fsp3) is 0.300. The quantitative estimate of drug-likeness (QED) is 0.280. The number of methoxy groups -OCH3 is 1.